The highest BCUT2D eigenvalue weighted by molar-refractivity contribution is 8.00. The number of pyridine rings is 1. The summed E-state index contributed by atoms with van der Waals surface area (Å²) in [5.41, 5.74) is 2.39. The van der Waals surface area contributed by atoms with E-state index in [0.29, 0.717) is 0 Å². The molecule has 0 saturated carbocycles. The van der Waals surface area contributed by atoms with E-state index in [0.717, 1.165) is 11.6 Å². The molecule has 4 heteroatoms. The molecule has 0 fully saturated rings. The number of nitrogens with zero attached hydrogens (tertiary/aromatic N) is 2. The van der Waals surface area contributed by atoms with E-state index in [1.54, 1.807) is 11.8 Å². The Hall–Kier alpha value is -2.59. The van der Waals surface area contributed by atoms with Crippen molar-refractivity contribution in [2.45, 2.75) is 17.0 Å². The Kier molecular flexibility index (Phi) is 4.79. The summed E-state index contributed by atoms with van der Waals surface area (Å²) in [6, 6.07) is 25.2. The van der Waals surface area contributed by atoms with E-state index >= 15 is 0 Å². The Morgan fingerprint density at radius 1 is 0.840 bits per heavy atom. The molecule has 25 heavy (non-hydrogen) atoms. The molecule has 124 valence electrons. The first-order valence-electron chi connectivity index (χ1n) is 8.36. The first kappa shape index (κ1) is 15.9. The van der Waals surface area contributed by atoms with Crippen molar-refractivity contribution in [3.8, 4) is 0 Å². The predicted octanol–water partition coefficient (Wildman–Crippen LogP) is 4.66. The monoisotopic (exact) mass is 345 g/mol. The van der Waals surface area contributed by atoms with Crippen molar-refractivity contribution in [1.82, 2.24) is 10.3 Å². The van der Waals surface area contributed by atoms with Crippen LogP contribution in [0.4, 0.5) is 0 Å². The van der Waals surface area contributed by atoms with Gasteiger partial charge in [-0.2, -0.15) is 0 Å². The summed E-state index contributed by atoms with van der Waals surface area (Å²) in [7, 11) is 0. The second-order valence-corrected chi connectivity index (χ2v) is 6.99. The molecule has 0 amide bonds. The zero-order valence-electron chi connectivity index (χ0n) is 13.7. The second-order valence-electron chi connectivity index (χ2n) is 5.94. The summed E-state index contributed by atoms with van der Waals surface area (Å²) in [6.07, 6.45) is 3.74. The Morgan fingerprint density at radius 2 is 1.56 bits per heavy atom. The Labute approximate surface area is 152 Å². The van der Waals surface area contributed by atoms with Crippen molar-refractivity contribution in [3.63, 3.8) is 0 Å². The molecule has 0 saturated heterocycles. The summed E-state index contributed by atoms with van der Waals surface area (Å²) >= 11 is 1.80. The number of nitrogens with one attached hydrogen (secondary N) is 1. The summed E-state index contributed by atoms with van der Waals surface area (Å²) in [5.74, 6) is 1.88. The zero-order chi connectivity index (χ0) is 16.9. The third kappa shape index (κ3) is 3.74. The molecule has 1 N–H and O–H groups in total. The van der Waals surface area contributed by atoms with E-state index in [4.69, 9.17) is 4.99 Å². The van der Waals surface area contributed by atoms with Crippen LogP contribution >= 0.6 is 11.8 Å². The highest BCUT2D eigenvalue weighted by Gasteiger charge is 2.31. The van der Waals surface area contributed by atoms with Gasteiger partial charge < -0.3 is 5.32 Å². The number of benzene rings is 2. The van der Waals surface area contributed by atoms with Crippen LogP contribution in [0.5, 0.6) is 0 Å². The summed E-state index contributed by atoms with van der Waals surface area (Å²) < 4.78 is 0. The minimum absolute atomic E-state index is 0.0803. The van der Waals surface area contributed by atoms with Gasteiger partial charge >= 0.3 is 0 Å². The number of rotatable bonds is 5. The molecule has 2 aromatic carbocycles. The largest absolute Gasteiger partial charge is 0.364 e. The second kappa shape index (κ2) is 7.53. The lowest BCUT2D eigenvalue weighted by atomic mass is 9.96. The lowest BCUT2D eigenvalue weighted by Gasteiger charge is -2.19. The van der Waals surface area contributed by atoms with E-state index < -0.39 is 0 Å². The van der Waals surface area contributed by atoms with Gasteiger partial charge in [0.05, 0.1) is 11.8 Å². The van der Waals surface area contributed by atoms with Crippen molar-refractivity contribution in [2.24, 2.45) is 4.99 Å². The molecule has 0 aliphatic carbocycles. The van der Waals surface area contributed by atoms with E-state index in [1.165, 1.54) is 16.0 Å². The van der Waals surface area contributed by atoms with Gasteiger partial charge in [0, 0.05) is 17.3 Å². The molecule has 1 aliphatic rings. The van der Waals surface area contributed by atoms with Crippen LogP contribution in [0.15, 0.2) is 95.1 Å². The SMILES string of the molecule is c1ccc(SCC2=NC(c3ccccc3)C(c3cccnc3)N2)cc1. The van der Waals surface area contributed by atoms with Crippen molar-refractivity contribution in [3.05, 3.63) is 96.3 Å². The number of amidine groups is 1. The van der Waals surface area contributed by atoms with Gasteiger partial charge in [-0.05, 0) is 29.3 Å². The highest BCUT2D eigenvalue weighted by atomic mass is 32.2. The predicted molar refractivity (Wildman–Crippen MR) is 104 cm³/mol. The van der Waals surface area contributed by atoms with Crippen LogP contribution in [-0.4, -0.2) is 16.6 Å². The molecule has 0 spiro atoms. The molecule has 3 aromatic rings. The maximum atomic E-state index is 4.99. The van der Waals surface area contributed by atoms with Gasteiger partial charge in [0.2, 0.25) is 0 Å². The summed E-state index contributed by atoms with van der Waals surface area (Å²) in [6.45, 7) is 0. The lowest BCUT2D eigenvalue weighted by molar-refractivity contribution is 0.570. The smallest absolute Gasteiger partial charge is 0.108 e. The van der Waals surface area contributed by atoms with Crippen molar-refractivity contribution >= 4 is 17.6 Å². The minimum atomic E-state index is 0.0803. The van der Waals surface area contributed by atoms with Crippen LogP contribution in [0.2, 0.25) is 0 Å². The fourth-order valence-electron chi connectivity index (χ4n) is 3.03. The molecule has 2 atom stereocenters. The van der Waals surface area contributed by atoms with Crippen LogP contribution in [0.25, 0.3) is 0 Å². The van der Waals surface area contributed by atoms with Crippen LogP contribution in [0.1, 0.15) is 23.2 Å². The molecule has 1 aromatic heterocycles. The number of thioether (sulfide) groups is 1. The highest BCUT2D eigenvalue weighted by Crippen LogP contribution is 2.36. The van der Waals surface area contributed by atoms with Crippen molar-refractivity contribution in [2.75, 3.05) is 5.75 Å². The number of aliphatic imine (C=N–C) groups is 1. The number of aromatic nitrogens is 1. The molecule has 2 heterocycles. The quantitative estimate of drug-likeness (QED) is 0.684. The van der Waals surface area contributed by atoms with E-state index in [-0.39, 0.29) is 12.1 Å². The summed E-state index contributed by atoms with van der Waals surface area (Å²) in [4.78, 5) is 10.5. The standard InChI is InChI=1S/C21H19N3S/c1-3-8-16(9-4-1)20-21(17-10-7-13-22-14-17)24-19(23-20)15-25-18-11-5-2-6-12-18/h1-14,20-21H,15H2,(H,23,24). The van der Waals surface area contributed by atoms with E-state index in [1.807, 2.05) is 30.6 Å². The molecular formula is C21H19N3S. The van der Waals surface area contributed by atoms with Crippen molar-refractivity contribution in [1.29, 1.82) is 0 Å². The minimum Gasteiger partial charge on any atom is -0.364 e. The third-order valence-corrected chi connectivity index (χ3v) is 5.26. The first-order chi connectivity index (χ1) is 12.4. The van der Waals surface area contributed by atoms with Crippen molar-refractivity contribution < 1.29 is 0 Å². The topological polar surface area (TPSA) is 37.3 Å². The zero-order valence-corrected chi connectivity index (χ0v) is 14.6. The number of hydrogen-bond donors (Lipinski definition) is 1. The lowest BCUT2D eigenvalue weighted by Crippen LogP contribution is -2.25. The van der Waals surface area contributed by atoms with Crippen LogP contribution in [0.3, 0.4) is 0 Å². The van der Waals surface area contributed by atoms with Gasteiger partial charge in [-0.15, -0.1) is 11.8 Å². The first-order valence-corrected chi connectivity index (χ1v) is 9.34. The number of hydrogen-bond acceptors (Lipinski definition) is 4. The summed E-state index contributed by atoms with van der Waals surface area (Å²) in [5, 5.41) is 3.62. The van der Waals surface area contributed by atoms with E-state index in [2.05, 4.69) is 64.9 Å². The van der Waals surface area contributed by atoms with Gasteiger partial charge in [-0.25, -0.2) is 0 Å². The molecule has 3 nitrogen and oxygen atoms in total. The fraction of sp³-hybridized carbons (Fsp3) is 0.143. The Bertz CT molecular complexity index is 835. The molecule has 2 unspecified atom stereocenters. The maximum Gasteiger partial charge on any atom is 0.108 e. The normalized spacial score (nSPS) is 19.3. The van der Waals surface area contributed by atoms with Gasteiger partial charge in [-0.1, -0.05) is 54.6 Å². The third-order valence-electron chi connectivity index (χ3n) is 4.24. The Morgan fingerprint density at radius 3 is 2.28 bits per heavy atom. The van der Waals surface area contributed by atoms with Crippen LogP contribution < -0.4 is 5.32 Å². The molecule has 0 radical (unpaired) electrons. The van der Waals surface area contributed by atoms with Gasteiger partial charge in [0.15, 0.2) is 0 Å². The van der Waals surface area contributed by atoms with Crippen LogP contribution in [0, 0.1) is 0 Å². The molecular weight excluding hydrogens is 326 g/mol. The van der Waals surface area contributed by atoms with Gasteiger partial charge in [0.25, 0.3) is 0 Å². The average molecular weight is 345 g/mol. The Balaban J connectivity index is 1.57. The van der Waals surface area contributed by atoms with E-state index in [9.17, 15) is 0 Å². The fourth-order valence-corrected chi connectivity index (χ4v) is 3.84. The van der Waals surface area contributed by atoms with Crippen LogP contribution in [-0.2, 0) is 0 Å². The van der Waals surface area contributed by atoms with Gasteiger partial charge in [-0.3, -0.25) is 9.98 Å². The maximum absolute atomic E-state index is 4.99. The average Bonchev–Trinajstić information content (AvgIpc) is 3.13. The molecule has 4 rings (SSSR count). The molecule has 0 bridgehead atoms. The van der Waals surface area contributed by atoms with Gasteiger partial charge in [0.1, 0.15) is 11.9 Å². The molecule has 1 aliphatic heterocycles.